The van der Waals surface area contributed by atoms with Crippen LogP contribution in [0, 0.1) is 0 Å². The van der Waals surface area contributed by atoms with Crippen molar-refractivity contribution < 1.29 is 4.79 Å². The maximum Gasteiger partial charge on any atom is 0.245 e. The summed E-state index contributed by atoms with van der Waals surface area (Å²) in [7, 11) is 0. The summed E-state index contributed by atoms with van der Waals surface area (Å²) >= 11 is 2.12. The normalized spacial score (nSPS) is 26.8. The van der Waals surface area contributed by atoms with E-state index in [1.807, 2.05) is 6.07 Å². The number of carbonyl (C=O) groups is 1. The summed E-state index contributed by atoms with van der Waals surface area (Å²) in [5, 5.41) is 0. The lowest BCUT2D eigenvalue weighted by atomic mass is 9.87. The van der Waals surface area contributed by atoms with Gasteiger partial charge in [0.2, 0.25) is 11.9 Å². The molecule has 2 saturated heterocycles. The molecule has 0 radical (unpaired) electrons. The van der Waals surface area contributed by atoms with Crippen LogP contribution in [0.5, 0.6) is 0 Å². The van der Waals surface area contributed by atoms with Gasteiger partial charge in [0.05, 0.1) is 0 Å². The molecule has 3 heterocycles. The van der Waals surface area contributed by atoms with Crippen LogP contribution in [0.2, 0.25) is 0 Å². The van der Waals surface area contributed by atoms with E-state index in [0.717, 1.165) is 38.2 Å². The van der Waals surface area contributed by atoms with E-state index in [0.29, 0.717) is 16.6 Å². The van der Waals surface area contributed by atoms with Gasteiger partial charge in [0.1, 0.15) is 6.04 Å². The maximum atomic E-state index is 13.2. The number of rotatable bonds is 2. The van der Waals surface area contributed by atoms with Gasteiger partial charge < -0.3 is 9.80 Å². The molecule has 0 bridgehead atoms. The Morgan fingerprint density at radius 3 is 2.71 bits per heavy atom. The van der Waals surface area contributed by atoms with E-state index in [9.17, 15) is 4.79 Å². The molecule has 1 unspecified atom stereocenters. The summed E-state index contributed by atoms with van der Waals surface area (Å²) < 4.78 is 0.332. The Bertz CT molecular complexity index is 570. The van der Waals surface area contributed by atoms with Crippen molar-refractivity contribution in [2.45, 2.75) is 55.7 Å². The standard InChI is InChI=1S/C18H26N4OS/c23-16(15-6-4-11-22(15)17-19-9-5-10-20-17)21-12-13-24-18(14-21)7-2-1-3-8-18/h5,9-10,15H,1-4,6-8,11-14H2. The second kappa shape index (κ2) is 6.90. The monoisotopic (exact) mass is 346 g/mol. The molecule has 1 saturated carbocycles. The lowest BCUT2D eigenvalue weighted by molar-refractivity contribution is -0.133. The van der Waals surface area contributed by atoms with Crippen LogP contribution in [0.15, 0.2) is 18.5 Å². The summed E-state index contributed by atoms with van der Waals surface area (Å²) in [6, 6.07) is 1.75. The van der Waals surface area contributed by atoms with Gasteiger partial charge in [-0.05, 0) is 31.7 Å². The summed E-state index contributed by atoms with van der Waals surface area (Å²) in [4.78, 5) is 26.2. The van der Waals surface area contributed by atoms with Crippen LogP contribution < -0.4 is 4.90 Å². The first-order chi connectivity index (χ1) is 11.8. The smallest absolute Gasteiger partial charge is 0.245 e. The van der Waals surface area contributed by atoms with Crippen molar-refractivity contribution in [2.75, 3.05) is 30.3 Å². The van der Waals surface area contributed by atoms with Gasteiger partial charge in [-0.25, -0.2) is 9.97 Å². The Kier molecular flexibility index (Phi) is 4.66. The molecular weight excluding hydrogens is 320 g/mol. The van der Waals surface area contributed by atoms with Crippen molar-refractivity contribution >= 4 is 23.6 Å². The third-order valence-corrected chi connectivity index (χ3v) is 7.21. The number of aromatic nitrogens is 2. The van der Waals surface area contributed by atoms with Crippen molar-refractivity contribution in [3.8, 4) is 0 Å². The van der Waals surface area contributed by atoms with E-state index in [4.69, 9.17) is 0 Å². The quantitative estimate of drug-likeness (QED) is 0.824. The van der Waals surface area contributed by atoms with E-state index >= 15 is 0 Å². The fourth-order valence-corrected chi connectivity index (χ4v) is 6.01. The molecule has 0 aromatic carbocycles. The number of anilines is 1. The number of hydrogen-bond donors (Lipinski definition) is 0. The number of thioether (sulfide) groups is 1. The Labute approximate surface area is 148 Å². The minimum absolute atomic E-state index is 0.0730. The second-order valence-corrected chi connectivity index (χ2v) is 8.82. The molecule has 1 atom stereocenters. The lowest BCUT2D eigenvalue weighted by Crippen LogP contribution is -2.54. The largest absolute Gasteiger partial charge is 0.339 e. The predicted molar refractivity (Wildman–Crippen MR) is 97.3 cm³/mol. The molecule has 24 heavy (non-hydrogen) atoms. The van der Waals surface area contributed by atoms with Gasteiger partial charge in [-0.15, -0.1) is 0 Å². The molecule has 4 rings (SSSR count). The highest BCUT2D eigenvalue weighted by molar-refractivity contribution is 8.00. The first-order valence-corrected chi connectivity index (χ1v) is 10.2. The van der Waals surface area contributed by atoms with Gasteiger partial charge in [-0.1, -0.05) is 19.3 Å². The minimum atomic E-state index is -0.0730. The predicted octanol–water partition coefficient (Wildman–Crippen LogP) is 2.72. The van der Waals surface area contributed by atoms with Crippen molar-refractivity contribution in [3.63, 3.8) is 0 Å². The first kappa shape index (κ1) is 16.2. The molecule has 1 spiro atoms. The molecular formula is C18H26N4OS. The average Bonchev–Trinajstić information content (AvgIpc) is 3.12. The second-order valence-electron chi connectivity index (χ2n) is 7.25. The molecule has 6 heteroatoms. The molecule has 1 aliphatic carbocycles. The zero-order chi connectivity index (χ0) is 16.4. The van der Waals surface area contributed by atoms with E-state index in [2.05, 4.69) is 31.5 Å². The van der Waals surface area contributed by atoms with Crippen LogP contribution in [-0.2, 0) is 4.79 Å². The molecule has 1 aromatic rings. The maximum absolute atomic E-state index is 13.2. The van der Waals surface area contributed by atoms with Gasteiger partial charge in [0.15, 0.2) is 0 Å². The number of amides is 1. The first-order valence-electron chi connectivity index (χ1n) is 9.24. The average molecular weight is 347 g/mol. The highest BCUT2D eigenvalue weighted by Gasteiger charge is 2.42. The van der Waals surface area contributed by atoms with Gasteiger partial charge in [0.25, 0.3) is 0 Å². The zero-order valence-electron chi connectivity index (χ0n) is 14.2. The third kappa shape index (κ3) is 3.13. The molecule has 3 aliphatic rings. The molecule has 1 aromatic heterocycles. The van der Waals surface area contributed by atoms with E-state index < -0.39 is 0 Å². The topological polar surface area (TPSA) is 49.3 Å². The van der Waals surface area contributed by atoms with Gasteiger partial charge in [0, 0.05) is 42.5 Å². The molecule has 0 N–H and O–H groups in total. The molecule has 2 aliphatic heterocycles. The minimum Gasteiger partial charge on any atom is -0.339 e. The van der Waals surface area contributed by atoms with Crippen molar-refractivity contribution in [3.05, 3.63) is 18.5 Å². The Morgan fingerprint density at radius 1 is 1.12 bits per heavy atom. The fourth-order valence-electron chi connectivity index (χ4n) is 4.44. The Morgan fingerprint density at radius 2 is 1.92 bits per heavy atom. The van der Waals surface area contributed by atoms with Gasteiger partial charge in [-0.2, -0.15) is 11.8 Å². The van der Waals surface area contributed by atoms with Crippen LogP contribution in [0.3, 0.4) is 0 Å². The summed E-state index contributed by atoms with van der Waals surface area (Å²) in [5.74, 6) is 2.08. The van der Waals surface area contributed by atoms with Crippen LogP contribution >= 0.6 is 11.8 Å². The van der Waals surface area contributed by atoms with Gasteiger partial charge in [-0.3, -0.25) is 4.79 Å². The highest BCUT2D eigenvalue weighted by Crippen LogP contribution is 2.43. The summed E-state index contributed by atoms with van der Waals surface area (Å²) in [6.07, 6.45) is 12.0. The molecule has 130 valence electrons. The zero-order valence-corrected chi connectivity index (χ0v) is 15.0. The van der Waals surface area contributed by atoms with Crippen LogP contribution in [0.1, 0.15) is 44.9 Å². The van der Waals surface area contributed by atoms with E-state index in [1.54, 1.807) is 12.4 Å². The van der Waals surface area contributed by atoms with E-state index in [-0.39, 0.29) is 6.04 Å². The lowest BCUT2D eigenvalue weighted by Gasteiger charge is -2.45. The van der Waals surface area contributed by atoms with Crippen molar-refractivity contribution in [2.24, 2.45) is 0 Å². The SMILES string of the molecule is O=C(C1CCCN1c1ncccn1)N1CCSC2(CCCCC2)C1. The van der Waals surface area contributed by atoms with Crippen LogP contribution in [0.25, 0.3) is 0 Å². The highest BCUT2D eigenvalue weighted by atomic mass is 32.2. The number of carbonyl (C=O) groups excluding carboxylic acids is 1. The van der Waals surface area contributed by atoms with Crippen molar-refractivity contribution in [1.29, 1.82) is 0 Å². The number of nitrogens with zero attached hydrogens (tertiary/aromatic N) is 4. The van der Waals surface area contributed by atoms with Crippen LogP contribution in [0.4, 0.5) is 5.95 Å². The molecule has 3 fully saturated rings. The Balaban J connectivity index is 1.48. The van der Waals surface area contributed by atoms with E-state index in [1.165, 1.54) is 32.1 Å². The van der Waals surface area contributed by atoms with Crippen molar-refractivity contribution in [1.82, 2.24) is 14.9 Å². The third-order valence-electron chi connectivity index (χ3n) is 5.67. The van der Waals surface area contributed by atoms with Crippen LogP contribution in [-0.4, -0.2) is 57.0 Å². The molecule has 5 nitrogen and oxygen atoms in total. The number of hydrogen-bond acceptors (Lipinski definition) is 5. The Hall–Kier alpha value is -1.30. The summed E-state index contributed by atoms with van der Waals surface area (Å²) in [6.45, 7) is 2.72. The fraction of sp³-hybridized carbons (Fsp3) is 0.722. The molecule has 1 amide bonds. The van der Waals surface area contributed by atoms with Gasteiger partial charge >= 0.3 is 0 Å². The summed E-state index contributed by atoms with van der Waals surface area (Å²) in [5.41, 5.74) is 0.